The predicted octanol–water partition coefficient (Wildman–Crippen LogP) is 1.97. The van der Waals surface area contributed by atoms with Gasteiger partial charge >= 0.3 is 0 Å². The lowest BCUT2D eigenvalue weighted by Crippen LogP contribution is -2.59. The van der Waals surface area contributed by atoms with Crippen molar-refractivity contribution in [3.63, 3.8) is 0 Å². The van der Waals surface area contributed by atoms with Crippen LogP contribution < -0.4 is 16.0 Å². The molecule has 27 heavy (non-hydrogen) atoms. The quantitative estimate of drug-likeness (QED) is 0.729. The SMILES string of the molecule is CNc1ncc(CN2CCC[C@H](C3NC(=O)CC(c4cccs4)N3)C2)cn1. The molecular weight excluding hydrogens is 360 g/mol. The van der Waals surface area contributed by atoms with E-state index in [0.717, 1.165) is 38.0 Å². The molecule has 7 nitrogen and oxygen atoms in total. The molecule has 4 rings (SSSR count). The van der Waals surface area contributed by atoms with E-state index in [2.05, 4.69) is 42.3 Å². The number of hydrogen-bond donors (Lipinski definition) is 3. The van der Waals surface area contributed by atoms with Crippen molar-refractivity contribution in [3.8, 4) is 0 Å². The predicted molar refractivity (Wildman–Crippen MR) is 106 cm³/mol. The maximum absolute atomic E-state index is 12.3. The van der Waals surface area contributed by atoms with Crippen molar-refractivity contribution in [2.45, 2.75) is 38.0 Å². The number of hydrogen-bond acceptors (Lipinski definition) is 7. The molecule has 2 saturated heterocycles. The second kappa shape index (κ2) is 8.33. The Balaban J connectivity index is 1.38. The van der Waals surface area contributed by atoms with Gasteiger partial charge in [-0.05, 0) is 30.8 Å². The number of aromatic nitrogens is 2. The molecule has 3 N–H and O–H groups in total. The van der Waals surface area contributed by atoms with Crippen molar-refractivity contribution in [1.82, 2.24) is 25.5 Å². The standard InChI is InChI=1S/C19H26N6OS/c1-20-19-21-9-13(10-22-19)11-25-6-2-4-14(12-25)18-23-15(8-17(26)24-18)16-5-3-7-27-16/h3,5,7,9-10,14-15,18,23H,2,4,6,8,11-12H2,1H3,(H,24,26)(H,20,21,22)/t14-,15?,18?/m0/s1. The number of amides is 1. The van der Waals surface area contributed by atoms with E-state index in [4.69, 9.17) is 0 Å². The summed E-state index contributed by atoms with van der Waals surface area (Å²) in [7, 11) is 1.82. The normalized spacial score (nSPS) is 26.6. The smallest absolute Gasteiger partial charge is 0.223 e. The zero-order chi connectivity index (χ0) is 18.6. The molecule has 2 aliphatic heterocycles. The minimum atomic E-state index is 0.0315. The van der Waals surface area contributed by atoms with Gasteiger partial charge in [0.05, 0.1) is 12.2 Å². The molecule has 2 aromatic heterocycles. The van der Waals surface area contributed by atoms with Crippen molar-refractivity contribution in [3.05, 3.63) is 40.3 Å². The summed E-state index contributed by atoms with van der Waals surface area (Å²) in [5.74, 6) is 1.19. The van der Waals surface area contributed by atoms with Gasteiger partial charge in [-0.2, -0.15) is 0 Å². The van der Waals surface area contributed by atoms with Crippen LogP contribution in [-0.2, 0) is 11.3 Å². The first-order chi connectivity index (χ1) is 13.2. The Bertz CT molecular complexity index is 750. The molecule has 0 saturated carbocycles. The minimum absolute atomic E-state index is 0.0315. The lowest BCUT2D eigenvalue weighted by Gasteiger charge is -2.41. The largest absolute Gasteiger partial charge is 0.357 e. The van der Waals surface area contributed by atoms with Gasteiger partial charge in [0, 0.05) is 55.3 Å². The number of carbonyl (C=O) groups excluding carboxylic acids is 1. The maximum Gasteiger partial charge on any atom is 0.223 e. The van der Waals surface area contributed by atoms with E-state index in [9.17, 15) is 4.79 Å². The number of rotatable bonds is 5. The molecule has 2 aromatic rings. The Kier molecular flexibility index (Phi) is 5.66. The van der Waals surface area contributed by atoms with Gasteiger partial charge in [0.1, 0.15) is 0 Å². The average molecular weight is 387 g/mol. The molecule has 1 amide bonds. The second-order valence-electron chi connectivity index (χ2n) is 7.29. The zero-order valence-corrected chi connectivity index (χ0v) is 16.3. The van der Waals surface area contributed by atoms with Crippen molar-refractivity contribution in [1.29, 1.82) is 0 Å². The topological polar surface area (TPSA) is 82.2 Å². The van der Waals surface area contributed by atoms with E-state index >= 15 is 0 Å². The number of piperidine rings is 1. The fourth-order valence-corrected chi connectivity index (χ4v) is 4.78. The van der Waals surface area contributed by atoms with Gasteiger partial charge in [-0.1, -0.05) is 6.07 Å². The van der Waals surface area contributed by atoms with E-state index < -0.39 is 0 Å². The molecule has 8 heteroatoms. The number of carbonyl (C=O) groups is 1. The first-order valence-electron chi connectivity index (χ1n) is 9.51. The Hall–Kier alpha value is -2.03. The van der Waals surface area contributed by atoms with Crippen molar-refractivity contribution >= 4 is 23.2 Å². The van der Waals surface area contributed by atoms with Crippen LogP contribution in [0.25, 0.3) is 0 Å². The van der Waals surface area contributed by atoms with E-state index in [1.165, 1.54) is 4.88 Å². The van der Waals surface area contributed by atoms with Gasteiger partial charge in [0.15, 0.2) is 0 Å². The summed E-state index contributed by atoms with van der Waals surface area (Å²) in [4.78, 5) is 24.6. The lowest BCUT2D eigenvalue weighted by molar-refractivity contribution is -0.125. The van der Waals surface area contributed by atoms with Crippen LogP contribution >= 0.6 is 11.3 Å². The Morgan fingerprint density at radius 3 is 2.96 bits per heavy atom. The summed E-state index contributed by atoms with van der Waals surface area (Å²) in [5, 5.41) is 11.9. The molecule has 2 unspecified atom stereocenters. The third-order valence-electron chi connectivity index (χ3n) is 5.32. The minimum Gasteiger partial charge on any atom is -0.357 e. The van der Waals surface area contributed by atoms with Gasteiger partial charge in [0.2, 0.25) is 11.9 Å². The molecule has 0 aromatic carbocycles. The van der Waals surface area contributed by atoms with Crippen molar-refractivity contribution < 1.29 is 4.79 Å². The van der Waals surface area contributed by atoms with Crippen LogP contribution in [0.2, 0.25) is 0 Å². The fourth-order valence-electron chi connectivity index (χ4n) is 3.99. The molecule has 2 fully saturated rings. The Morgan fingerprint density at radius 1 is 1.37 bits per heavy atom. The summed E-state index contributed by atoms with van der Waals surface area (Å²) in [5.41, 5.74) is 1.12. The molecule has 0 aliphatic carbocycles. The molecular formula is C19H26N6OS. The molecule has 144 valence electrons. The van der Waals surface area contributed by atoms with Gasteiger partial charge in [-0.25, -0.2) is 9.97 Å². The summed E-state index contributed by atoms with van der Waals surface area (Å²) < 4.78 is 0. The highest BCUT2D eigenvalue weighted by atomic mass is 32.1. The van der Waals surface area contributed by atoms with Crippen LogP contribution in [0.15, 0.2) is 29.9 Å². The highest BCUT2D eigenvalue weighted by Gasteiger charge is 2.34. The van der Waals surface area contributed by atoms with Crippen LogP contribution in [0.4, 0.5) is 5.95 Å². The van der Waals surface area contributed by atoms with Gasteiger partial charge in [-0.15, -0.1) is 11.3 Å². The van der Waals surface area contributed by atoms with Gasteiger partial charge in [0.25, 0.3) is 0 Å². The molecule has 4 heterocycles. The summed E-state index contributed by atoms with van der Waals surface area (Å²) in [6.45, 7) is 2.87. The van der Waals surface area contributed by atoms with Crippen LogP contribution in [0, 0.1) is 5.92 Å². The number of likely N-dealkylation sites (tertiary alicyclic amines) is 1. The molecule has 3 atom stereocenters. The Morgan fingerprint density at radius 2 is 2.22 bits per heavy atom. The summed E-state index contributed by atoms with van der Waals surface area (Å²) >= 11 is 1.71. The zero-order valence-electron chi connectivity index (χ0n) is 15.5. The number of thiophene rings is 1. The molecule has 0 spiro atoms. The first kappa shape index (κ1) is 18.3. The first-order valence-corrected chi connectivity index (χ1v) is 10.4. The van der Waals surface area contributed by atoms with Gasteiger partial charge in [-0.3, -0.25) is 15.0 Å². The number of nitrogens with zero attached hydrogens (tertiary/aromatic N) is 3. The van der Waals surface area contributed by atoms with Crippen molar-refractivity contribution in [2.24, 2.45) is 5.92 Å². The number of nitrogens with one attached hydrogen (secondary N) is 3. The summed E-state index contributed by atoms with van der Waals surface area (Å²) in [6, 6.07) is 4.29. The monoisotopic (exact) mass is 386 g/mol. The molecule has 0 radical (unpaired) electrons. The van der Waals surface area contributed by atoms with Crippen LogP contribution in [0.1, 0.15) is 35.7 Å². The fraction of sp³-hybridized carbons (Fsp3) is 0.526. The van der Waals surface area contributed by atoms with Crippen molar-refractivity contribution in [2.75, 3.05) is 25.5 Å². The lowest BCUT2D eigenvalue weighted by atomic mass is 9.92. The van der Waals surface area contributed by atoms with E-state index in [1.807, 2.05) is 25.5 Å². The highest BCUT2D eigenvalue weighted by Crippen LogP contribution is 2.28. The van der Waals surface area contributed by atoms with Crippen LogP contribution in [-0.4, -0.2) is 47.1 Å². The number of anilines is 1. The molecule has 0 bridgehead atoms. The third kappa shape index (κ3) is 4.45. The second-order valence-corrected chi connectivity index (χ2v) is 8.27. The molecule has 2 aliphatic rings. The van der Waals surface area contributed by atoms with E-state index in [0.29, 0.717) is 18.3 Å². The van der Waals surface area contributed by atoms with E-state index in [1.54, 1.807) is 11.3 Å². The van der Waals surface area contributed by atoms with Gasteiger partial charge < -0.3 is 10.6 Å². The highest BCUT2D eigenvalue weighted by molar-refractivity contribution is 7.10. The third-order valence-corrected chi connectivity index (χ3v) is 6.31. The average Bonchev–Trinajstić information content (AvgIpc) is 3.23. The van der Waals surface area contributed by atoms with Crippen LogP contribution in [0.3, 0.4) is 0 Å². The van der Waals surface area contributed by atoms with E-state index in [-0.39, 0.29) is 18.1 Å². The Labute approximate surface area is 163 Å². The van der Waals surface area contributed by atoms with Crippen LogP contribution in [0.5, 0.6) is 0 Å². The summed E-state index contributed by atoms with van der Waals surface area (Å²) in [6.07, 6.45) is 6.58. The maximum atomic E-state index is 12.3.